The second-order valence-electron chi connectivity index (χ2n) is 7.39. The van der Waals surface area contributed by atoms with Gasteiger partial charge in [0.05, 0.1) is 17.6 Å². The molecule has 0 bridgehead atoms. The standard InChI is InChI=1S/C23H36N6O.C2H6/c1-6-8-13-29(12-7-2)23-26-21(16-22(27-23)30-14-11-24-5)17-25-28-20-10-9-18(3)19(4)15-20;1-2/h9-10,15-17,24,28H,6-8,11-14H2,1-5H3;1-2H3/b25-17+;. The predicted octanol–water partition coefficient (Wildman–Crippen LogP) is 5.18. The number of rotatable bonds is 13. The zero-order valence-corrected chi connectivity index (χ0v) is 21.0. The van der Waals surface area contributed by atoms with Gasteiger partial charge >= 0.3 is 0 Å². The Labute approximate surface area is 194 Å². The van der Waals surface area contributed by atoms with E-state index in [1.165, 1.54) is 11.1 Å². The molecule has 2 N–H and O–H groups in total. The van der Waals surface area contributed by atoms with Crippen LogP contribution in [0.25, 0.3) is 0 Å². The maximum Gasteiger partial charge on any atom is 0.229 e. The van der Waals surface area contributed by atoms with Gasteiger partial charge in [-0.2, -0.15) is 10.1 Å². The van der Waals surface area contributed by atoms with Gasteiger partial charge in [0, 0.05) is 25.7 Å². The highest BCUT2D eigenvalue weighted by Gasteiger charge is 2.12. The summed E-state index contributed by atoms with van der Waals surface area (Å²) >= 11 is 0. The Hall–Kier alpha value is -2.67. The quantitative estimate of drug-likeness (QED) is 0.253. The van der Waals surface area contributed by atoms with Crippen LogP contribution >= 0.6 is 0 Å². The maximum atomic E-state index is 5.83. The van der Waals surface area contributed by atoms with Gasteiger partial charge in [0.2, 0.25) is 11.8 Å². The lowest BCUT2D eigenvalue weighted by atomic mass is 10.1. The average Bonchev–Trinajstić information content (AvgIpc) is 2.80. The average molecular weight is 443 g/mol. The first-order valence-electron chi connectivity index (χ1n) is 11.8. The van der Waals surface area contributed by atoms with Crippen molar-refractivity contribution in [3.63, 3.8) is 0 Å². The topological polar surface area (TPSA) is 74.7 Å². The Kier molecular flexibility index (Phi) is 13.7. The van der Waals surface area contributed by atoms with Gasteiger partial charge in [0.1, 0.15) is 6.61 Å². The third-order valence-corrected chi connectivity index (χ3v) is 4.77. The SMILES string of the molecule is CC.CCCCN(CCC)c1nc(/C=N/Nc2ccc(C)c(C)c2)cc(OCCNC)n1. The van der Waals surface area contributed by atoms with Crippen LogP contribution in [0.4, 0.5) is 11.6 Å². The molecule has 1 heterocycles. The lowest BCUT2D eigenvalue weighted by molar-refractivity contribution is 0.306. The van der Waals surface area contributed by atoms with Crippen molar-refractivity contribution in [1.29, 1.82) is 0 Å². The van der Waals surface area contributed by atoms with E-state index in [9.17, 15) is 0 Å². The molecule has 0 radical (unpaired) electrons. The van der Waals surface area contributed by atoms with E-state index in [-0.39, 0.29) is 0 Å². The largest absolute Gasteiger partial charge is 0.476 e. The lowest BCUT2D eigenvalue weighted by Gasteiger charge is -2.22. The molecular formula is C25H42N6O. The number of benzene rings is 1. The Bertz CT molecular complexity index is 809. The third-order valence-electron chi connectivity index (χ3n) is 4.77. The Balaban J connectivity index is 0.00000249. The van der Waals surface area contributed by atoms with Crippen molar-refractivity contribution < 1.29 is 4.74 Å². The normalized spacial score (nSPS) is 10.6. The fraction of sp³-hybridized carbons (Fsp3) is 0.560. The molecule has 0 aliphatic rings. The number of ether oxygens (including phenoxy) is 1. The first kappa shape index (κ1) is 27.4. The van der Waals surface area contributed by atoms with Crippen molar-refractivity contribution in [2.45, 2.75) is 60.8 Å². The number of nitrogens with zero attached hydrogens (tertiary/aromatic N) is 4. The zero-order chi connectivity index (χ0) is 23.8. The van der Waals surface area contributed by atoms with Crippen molar-refractivity contribution in [2.24, 2.45) is 5.10 Å². The number of hydrogen-bond donors (Lipinski definition) is 2. The highest BCUT2D eigenvalue weighted by molar-refractivity contribution is 5.78. The Morgan fingerprint density at radius 2 is 1.81 bits per heavy atom. The molecule has 0 atom stereocenters. The summed E-state index contributed by atoms with van der Waals surface area (Å²) in [5.74, 6) is 1.26. The van der Waals surface area contributed by atoms with Crippen LogP contribution in [-0.4, -0.2) is 49.5 Å². The van der Waals surface area contributed by atoms with Crippen molar-refractivity contribution in [2.75, 3.05) is 43.6 Å². The molecule has 0 amide bonds. The molecule has 0 unspecified atom stereocenters. The van der Waals surface area contributed by atoms with Gasteiger partial charge in [0.15, 0.2) is 0 Å². The van der Waals surface area contributed by atoms with Crippen molar-refractivity contribution >= 4 is 17.9 Å². The predicted molar refractivity (Wildman–Crippen MR) is 137 cm³/mol. The molecular weight excluding hydrogens is 400 g/mol. The molecule has 2 rings (SSSR count). The summed E-state index contributed by atoms with van der Waals surface area (Å²) in [6.07, 6.45) is 4.99. The second-order valence-corrected chi connectivity index (χ2v) is 7.39. The number of unbranched alkanes of at least 4 members (excludes halogenated alkanes) is 1. The lowest BCUT2D eigenvalue weighted by Crippen LogP contribution is -2.28. The fourth-order valence-corrected chi connectivity index (χ4v) is 2.88. The van der Waals surface area contributed by atoms with E-state index in [2.05, 4.69) is 65.6 Å². The molecule has 1 aromatic carbocycles. The minimum Gasteiger partial charge on any atom is -0.476 e. The smallest absolute Gasteiger partial charge is 0.229 e. The summed E-state index contributed by atoms with van der Waals surface area (Å²) in [4.78, 5) is 11.6. The number of likely N-dealkylation sites (N-methyl/N-ethyl adjacent to an activating group) is 1. The zero-order valence-electron chi connectivity index (χ0n) is 21.0. The monoisotopic (exact) mass is 442 g/mol. The third kappa shape index (κ3) is 9.64. The van der Waals surface area contributed by atoms with Crippen LogP contribution in [0.15, 0.2) is 29.4 Å². The molecule has 0 spiro atoms. The molecule has 0 saturated heterocycles. The van der Waals surface area contributed by atoms with Crippen LogP contribution in [0.5, 0.6) is 5.88 Å². The minimum absolute atomic E-state index is 0.549. The Morgan fingerprint density at radius 1 is 1.03 bits per heavy atom. The van der Waals surface area contributed by atoms with E-state index < -0.39 is 0 Å². The van der Waals surface area contributed by atoms with Gasteiger partial charge < -0.3 is 15.0 Å². The molecule has 0 aliphatic heterocycles. The van der Waals surface area contributed by atoms with Gasteiger partial charge in [0.25, 0.3) is 0 Å². The van der Waals surface area contributed by atoms with E-state index in [0.717, 1.165) is 44.6 Å². The summed E-state index contributed by atoms with van der Waals surface area (Å²) in [6, 6.07) is 8.01. The molecule has 1 aromatic heterocycles. The van der Waals surface area contributed by atoms with Crippen LogP contribution in [0.2, 0.25) is 0 Å². The number of aromatic nitrogens is 2. The van der Waals surface area contributed by atoms with Gasteiger partial charge in [-0.15, -0.1) is 0 Å². The van der Waals surface area contributed by atoms with E-state index in [1.807, 2.05) is 33.0 Å². The molecule has 0 saturated carbocycles. The van der Waals surface area contributed by atoms with Crippen LogP contribution in [0, 0.1) is 13.8 Å². The first-order valence-corrected chi connectivity index (χ1v) is 11.8. The van der Waals surface area contributed by atoms with Gasteiger partial charge in [-0.3, -0.25) is 5.43 Å². The molecule has 0 aliphatic carbocycles. The summed E-state index contributed by atoms with van der Waals surface area (Å²) < 4.78 is 5.83. The van der Waals surface area contributed by atoms with Crippen LogP contribution in [0.3, 0.4) is 0 Å². The molecule has 2 aromatic rings. The van der Waals surface area contributed by atoms with Crippen LogP contribution in [0.1, 0.15) is 63.8 Å². The van der Waals surface area contributed by atoms with Gasteiger partial charge in [-0.1, -0.05) is 40.2 Å². The van der Waals surface area contributed by atoms with E-state index >= 15 is 0 Å². The summed E-state index contributed by atoms with van der Waals surface area (Å²) in [5.41, 5.74) is 7.24. The molecule has 178 valence electrons. The van der Waals surface area contributed by atoms with Gasteiger partial charge in [-0.05, 0) is 57.0 Å². The van der Waals surface area contributed by atoms with E-state index in [1.54, 1.807) is 6.21 Å². The van der Waals surface area contributed by atoms with Crippen LogP contribution < -0.4 is 20.4 Å². The van der Waals surface area contributed by atoms with E-state index in [0.29, 0.717) is 24.1 Å². The summed E-state index contributed by atoms with van der Waals surface area (Å²) in [5, 5.41) is 7.46. The van der Waals surface area contributed by atoms with Crippen LogP contribution in [-0.2, 0) is 0 Å². The summed E-state index contributed by atoms with van der Waals surface area (Å²) in [7, 11) is 1.90. The van der Waals surface area contributed by atoms with Crippen molar-refractivity contribution in [3.05, 3.63) is 41.1 Å². The highest BCUT2D eigenvalue weighted by Crippen LogP contribution is 2.17. The second kappa shape index (κ2) is 16.0. The highest BCUT2D eigenvalue weighted by atomic mass is 16.5. The molecule has 0 fully saturated rings. The number of aryl methyl sites for hydroxylation is 2. The number of hydrogen-bond acceptors (Lipinski definition) is 7. The molecule has 7 heteroatoms. The van der Waals surface area contributed by atoms with E-state index in [4.69, 9.17) is 9.72 Å². The van der Waals surface area contributed by atoms with Gasteiger partial charge in [-0.25, -0.2) is 4.98 Å². The fourth-order valence-electron chi connectivity index (χ4n) is 2.88. The molecule has 32 heavy (non-hydrogen) atoms. The number of hydrazone groups is 1. The summed E-state index contributed by atoms with van der Waals surface area (Å²) in [6.45, 7) is 15.7. The van der Waals surface area contributed by atoms with Crippen molar-refractivity contribution in [1.82, 2.24) is 15.3 Å². The maximum absolute atomic E-state index is 5.83. The Morgan fingerprint density at radius 3 is 2.47 bits per heavy atom. The number of anilines is 2. The minimum atomic E-state index is 0.549. The molecule has 7 nitrogen and oxygen atoms in total. The van der Waals surface area contributed by atoms with Crippen molar-refractivity contribution in [3.8, 4) is 5.88 Å². The first-order chi connectivity index (χ1) is 15.6. The number of nitrogens with one attached hydrogen (secondary N) is 2.